The summed E-state index contributed by atoms with van der Waals surface area (Å²) in [5.74, 6) is -1.13. The Hall–Kier alpha value is -5.31. The van der Waals surface area contributed by atoms with Crippen molar-refractivity contribution < 1.29 is 38.8 Å². The van der Waals surface area contributed by atoms with Crippen LogP contribution in [0.25, 0.3) is 0 Å². The molecule has 0 saturated heterocycles. The molecule has 9 heteroatoms. The number of unbranched alkanes of at least 4 members (excludes halogenated alkanes) is 1. The van der Waals surface area contributed by atoms with Crippen LogP contribution in [-0.2, 0) is 0 Å². The summed E-state index contributed by atoms with van der Waals surface area (Å²) in [5, 5.41) is 21.3. The maximum Gasteiger partial charge on any atom is 0.335 e. The summed E-state index contributed by atoms with van der Waals surface area (Å²) in [6.45, 7) is 3.07. The second-order valence-electron chi connectivity index (χ2n) is 9.66. The van der Waals surface area contributed by atoms with Crippen LogP contribution in [0.2, 0.25) is 0 Å². The highest BCUT2D eigenvalue weighted by Crippen LogP contribution is 2.31. The number of hydrogen-bond donors (Lipinski definition) is 3. The summed E-state index contributed by atoms with van der Waals surface area (Å²) in [5.41, 5.74) is 1.22. The molecule has 9 nitrogen and oxygen atoms in total. The molecule has 1 unspecified atom stereocenters. The lowest BCUT2D eigenvalue weighted by atomic mass is 10.1. The quantitative estimate of drug-likeness (QED) is 0.126. The summed E-state index contributed by atoms with van der Waals surface area (Å²) in [6, 6.07) is 26.9. The first-order valence-corrected chi connectivity index (χ1v) is 13.9. The van der Waals surface area contributed by atoms with E-state index in [0.29, 0.717) is 31.1 Å². The molecule has 0 fully saturated rings. The van der Waals surface area contributed by atoms with Crippen molar-refractivity contribution in [3.8, 4) is 17.2 Å². The van der Waals surface area contributed by atoms with Crippen LogP contribution >= 0.6 is 0 Å². The van der Waals surface area contributed by atoms with Gasteiger partial charge in [-0.05, 0) is 91.6 Å². The molecule has 0 aliphatic heterocycles. The van der Waals surface area contributed by atoms with Crippen molar-refractivity contribution in [2.75, 3.05) is 18.5 Å². The normalized spacial score (nSPS) is 11.3. The van der Waals surface area contributed by atoms with E-state index >= 15 is 0 Å². The predicted molar refractivity (Wildman–Crippen MR) is 162 cm³/mol. The van der Waals surface area contributed by atoms with Crippen LogP contribution in [0.15, 0.2) is 97.1 Å². The van der Waals surface area contributed by atoms with Gasteiger partial charge in [-0.2, -0.15) is 0 Å². The molecule has 0 aromatic heterocycles. The number of carbonyl (C=O) groups is 3. The third-order valence-electron chi connectivity index (χ3n) is 6.55. The van der Waals surface area contributed by atoms with Crippen LogP contribution < -0.4 is 19.5 Å². The van der Waals surface area contributed by atoms with Gasteiger partial charge in [-0.3, -0.25) is 4.79 Å². The van der Waals surface area contributed by atoms with Gasteiger partial charge in [0.05, 0.1) is 29.9 Å². The number of ether oxygens (including phenoxy) is 3. The molecule has 4 aromatic rings. The van der Waals surface area contributed by atoms with Crippen LogP contribution in [0.3, 0.4) is 0 Å². The van der Waals surface area contributed by atoms with E-state index in [1.54, 1.807) is 0 Å². The van der Waals surface area contributed by atoms with Gasteiger partial charge in [-0.15, -0.1) is 0 Å². The van der Waals surface area contributed by atoms with Crippen molar-refractivity contribution >= 4 is 23.5 Å². The van der Waals surface area contributed by atoms with E-state index in [0.717, 1.165) is 24.2 Å². The Kier molecular flexibility index (Phi) is 10.7. The lowest BCUT2D eigenvalue weighted by molar-refractivity contribution is 0.0686. The first-order chi connectivity index (χ1) is 20.8. The van der Waals surface area contributed by atoms with Crippen molar-refractivity contribution in [2.45, 2.75) is 32.3 Å². The smallest absolute Gasteiger partial charge is 0.335 e. The third kappa shape index (κ3) is 8.84. The zero-order valence-corrected chi connectivity index (χ0v) is 23.7. The number of anilines is 1. The van der Waals surface area contributed by atoms with E-state index in [1.165, 1.54) is 42.5 Å². The zero-order chi connectivity index (χ0) is 30.6. The minimum absolute atomic E-state index is 0.0331. The van der Waals surface area contributed by atoms with Crippen molar-refractivity contribution in [1.82, 2.24) is 0 Å². The van der Waals surface area contributed by atoms with Gasteiger partial charge in [0.2, 0.25) is 0 Å². The van der Waals surface area contributed by atoms with Gasteiger partial charge < -0.3 is 29.7 Å². The fourth-order valence-corrected chi connectivity index (χ4v) is 4.28. The van der Waals surface area contributed by atoms with Crippen molar-refractivity contribution in [1.29, 1.82) is 0 Å². The summed E-state index contributed by atoms with van der Waals surface area (Å²) >= 11 is 0. The van der Waals surface area contributed by atoms with Gasteiger partial charge in [0.15, 0.2) is 0 Å². The minimum Gasteiger partial charge on any atom is -0.494 e. The number of rotatable bonds is 15. The minimum atomic E-state index is -1.19. The Morgan fingerprint density at radius 1 is 0.721 bits per heavy atom. The molecule has 4 rings (SSSR count). The summed E-state index contributed by atoms with van der Waals surface area (Å²) in [7, 11) is 0. The molecule has 1 atom stereocenters. The molecule has 0 aliphatic carbocycles. The summed E-state index contributed by atoms with van der Waals surface area (Å²) < 4.78 is 18.0. The van der Waals surface area contributed by atoms with Crippen LogP contribution in [0.5, 0.6) is 17.2 Å². The third-order valence-corrected chi connectivity index (χ3v) is 6.55. The lowest BCUT2D eigenvalue weighted by Crippen LogP contribution is -2.16. The number of carbonyl (C=O) groups excluding carboxylic acids is 1. The average molecular weight is 584 g/mol. The molecule has 0 heterocycles. The number of para-hydroxylation sites is 1. The Balaban J connectivity index is 1.41. The van der Waals surface area contributed by atoms with Gasteiger partial charge in [0.1, 0.15) is 23.4 Å². The molecule has 1 amide bonds. The standard InChI is InChI=1S/C34H33NO8/c1-2-30(24-9-8-12-28(21-24)42-20-7-6-19-41-27-10-4-3-5-11-27)43-31-18-15-25(34(39)40)22-29(31)32(36)35-26-16-13-23(14-17-26)33(37)38/h3-5,8-18,21-22,30H,2,6-7,19-20H2,1H3,(H,35,36)(H,37,38)(H,39,40). The van der Waals surface area contributed by atoms with E-state index < -0.39 is 23.9 Å². The van der Waals surface area contributed by atoms with Crippen molar-refractivity contribution in [2.24, 2.45) is 0 Å². The van der Waals surface area contributed by atoms with Gasteiger partial charge in [0.25, 0.3) is 5.91 Å². The first-order valence-electron chi connectivity index (χ1n) is 13.9. The number of hydrogen-bond acceptors (Lipinski definition) is 6. The monoisotopic (exact) mass is 583 g/mol. The van der Waals surface area contributed by atoms with Crippen LogP contribution in [0, 0.1) is 0 Å². The van der Waals surface area contributed by atoms with Crippen molar-refractivity contribution in [3.05, 3.63) is 119 Å². The van der Waals surface area contributed by atoms with Crippen LogP contribution in [0.1, 0.15) is 68.9 Å². The molecular weight excluding hydrogens is 550 g/mol. The molecule has 3 N–H and O–H groups in total. The van der Waals surface area contributed by atoms with Crippen LogP contribution in [-0.4, -0.2) is 41.3 Å². The van der Waals surface area contributed by atoms with Crippen molar-refractivity contribution in [3.63, 3.8) is 0 Å². The fourth-order valence-electron chi connectivity index (χ4n) is 4.28. The van der Waals surface area contributed by atoms with E-state index in [1.807, 2.05) is 61.5 Å². The molecular formula is C34H33NO8. The van der Waals surface area contributed by atoms with E-state index in [2.05, 4.69) is 5.32 Å². The van der Waals surface area contributed by atoms with Gasteiger partial charge in [0, 0.05) is 5.69 Å². The molecule has 0 bridgehead atoms. The van der Waals surface area contributed by atoms with E-state index in [9.17, 15) is 19.5 Å². The number of aromatic carboxylic acids is 2. The Morgan fingerprint density at radius 3 is 2.00 bits per heavy atom. The van der Waals surface area contributed by atoms with Gasteiger partial charge in [-0.25, -0.2) is 9.59 Å². The summed E-state index contributed by atoms with van der Waals surface area (Å²) in [6.07, 6.45) is 1.78. The molecule has 43 heavy (non-hydrogen) atoms. The number of amides is 1. The number of carboxylic acids is 2. The molecule has 0 spiro atoms. The highest BCUT2D eigenvalue weighted by Gasteiger charge is 2.20. The Morgan fingerprint density at radius 2 is 1.35 bits per heavy atom. The van der Waals surface area contributed by atoms with E-state index in [4.69, 9.17) is 19.3 Å². The number of carboxylic acid groups (broad SMARTS) is 2. The zero-order valence-electron chi connectivity index (χ0n) is 23.7. The number of nitrogens with one attached hydrogen (secondary N) is 1. The molecule has 0 aliphatic rings. The van der Waals surface area contributed by atoms with Gasteiger partial charge >= 0.3 is 11.9 Å². The first kappa shape index (κ1) is 30.6. The van der Waals surface area contributed by atoms with Gasteiger partial charge in [-0.1, -0.05) is 37.3 Å². The second kappa shape index (κ2) is 15.1. The fraction of sp³-hybridized carbons (Fsp3) is 0.206. The lowest BCUT2D eigenvalue weighted by Gasteiger charge is -2.21. The predicted octanol–water partition coefficient (Wildman–Crippen LogP) is 7.10. The largest absolute Gasteiger partial charge is 0.494 e. The maximum absolute atomic E-state index is 13.2. The Bertz CT molecular complexity index is 1540. The molecule has 0 radical (unpaired) electrons. The number of benzene rings is 4. The highest BCUT2D eigenvalue weighted by molar-refractivity contribution is 6.07. The second-order valence-corrected chi connectivity index (χ2v) is 9.66. The maximum atomic E-state index is 13.2. The molecule has 4 aromatic carbocycles. The molecule has 222 valence electrons. The summed E-state index contributed by atoms with van der Waals surface area (Å²) in [4.78, 5) is 36.0. The SMILES string of the molecule is CCC(Oc1ccc(C(=O)O)cc1C(=O)Nc1ccc(C(=O)O)cc1)c1cccc(OCCCCOc2ccccc2)c1. The van der Waals surface area contributed by atoms with Crippen LogP contribution in [0.4, 0.5) is 5.69 Å². The topological polar surface area (TPSA) is 131 Å². The molecule has 0 saturated carbocycles. The Labute approximate surface area is 249 Å². The van der Waals surface area contributed by atoms with E-state index in [-0.39, 0.29) is 22.4 Å². The highest BCUT2D eigenvalue weighted by atomic mass is 16.5. The average Bonchev–Trinajstić information content (AvgIpc) is 3.02.